The largest absolute Gasteiger partial charge is 1.00 e. The fourth-order valence-corrected chi connectivity index (χ4v) is 32.3. The van der Waals surface area contributed by atoms with Gasteiger partial charge in [-0.3, -0.25) is 0 Å². The molecule has 0 amide bonds. The minimum absolute atomic E-state index is 0. The van der Waals surface area contributed by atoms with Gasteiger partial charge in [0.05, 0.1) is 0 Å². The molecule has 2 unspecified atom stereocenters. The Morgan fingerprint density at radius 1 is 0.786 bits per heavy atom. The van der Waals surface area contributed by atoms with Crippen molar-refractivity contribution in [3.63, 3.8) is 0 Å². The van der Waals surface area contributed by atoms with Gasteiger partial charge in [-0.05, 0) is 0 Å². The van der Waals surface area contributed by atoms with E-state index in [4.69, 9.17) is 0 Å². The fraction of sp³-hybridized carbons (Fsp3) is 0.636. The van der Waals surface area contributed by atoms with Gasteiger partial charge in [-0.25, -0.2) is 0 Å². The summed E-state index contributed by atoms with van der Waals surface area (Å²) in [6.45, 7) is 15.9. The molecule has 0 aromatic heterocycles. The van der Waals surface area contributed by atoms with Crippen LogP contribution in [0.5, 0.6) is 0 Å². The maximum atomic E-state index is 2.75. The Bertz CT molecular complexity index is 739. The standard InChI is InChI=1S/2C10H15Si.C2H6Si.2ClH.Zr/c2*1-11(2)8-4-6-9-5-3-7-10(9)11;1-3-2;;;/h2*3,5,7H,4,6,8H2,1-2H3;1-2H3;2*1H;/q;;;;;+2/p-2. The van der Waals surface area contributed by atoms with Crippen molar-refractivity contribution in [3.8, 4) is 0 Å². The zero-order chi connectivity index (χ0) is 18.7. The van der Waals surface area contributed by atoms with Crippen LogP contribution in [-0.2, 0) is 20.4 Å². The second-order valence-electron chi connectivity index (χ2n) is 10.5. The van der Waals surface area contributed by atoms with Crippen LogP contribution >= 0.6 is 0 Å². The molecule has 0 aromatic rings. The molecule has 0 aromatic carbocycles. The summed E-state index contributed by atoms with van der Waals surface area (Å²) in [6, 6.07) is 3.05. The molecule has 0 spiro atoms. The summed E-state index contributed by atoms with van der Waals surface area (Å²) in [6.07, 6.45) is 16.6. The molecule has 154 valence electrons. The SMILES string of the molecule is C[Si](C)=[Zr+2]([CH]1C=CC2=C1CCC[Si]2(C)C)[CH]1C=CC2=C1CCC[Si]2(C)C.[Cl-].[Cl-]. The zero-order valence-electron chi connectivity index (χ0n) is 18.5. The average molecular weight is 547 g/mol. The van der Waals surface area contributed by atoms with Crippen molar-refractivity contribution >= 4 is 21.6 Å². The normalized spacial score (nSPS) is 28.8. The second-order valence-corrected chi connectivity index (χ2v) is 38.2. The van der Waals surface area contributed by atoms with Crippen LogP contribution < -0.4 is 24.8 Å². The van der Waals surface area contributed by atoms with Crippen molar-refractivity contribution in [2.75, 3.05) is 0 Å². The Hall–Kier alpha value is 1.07. The monoisotopic (exact) mass is 544 g/mol. The Kier molecular flexibility index (Phi) is 8.40. The summed E-state index contributed by atoms with van der Waals surface area (Å²) in [5.41, 5.74) is 3.80. The molecule has 0 radical (unpaired) electrons. The van der Waals surface area contributed by atoms with E-state index in [9.17, 15) is 0 Å². The Labute approximate surface area is 195 Å². The first-order valence-electron chi connectivity index (χ1n) is 10.7. The van der Waals surface area contributed by atoms with E-state index in [-0.39, 0.29) is 30.2 Å². The van der Waals surface area contributed by atoms with Crippen molar-refractivity contribution in [1.29, 1.82) is 0 Å². The summed E-state index contributed by atoms with van der Waals surface area (Å²) in [5, 5.41) is 3.79. The van der Waals surface area contributed by atoms with Crippen molar-refractivity contribution in [2.45, 2.75) is 84.3 Å². The number of rotatable bonds is 2. The molecule has 2 heterocycles. The van der Waals surface area contributed by atoms with Gasteiger partial charge in [-0.15, -0.1) is 0 Å². The van der Waals surface area contributed by atoms with Gasteiger partial charge in [0.2, 0.25) is 0 Å². The Balaban J connectivity index is 0.00000140. The smallest absolute Gasteiger partial charge is 1.00 e. The number of allylic oxidation sites excluding steroid dienone is 8. The maximum Gasteiger partial charge on any atom is -1.00 e. The third-order valence-electron chi connectivity index (χ3n) is 7.55. The van der Waals surface area contributed by atoms with Crippen LogP contribution in [0.3, 0.4) is 0 Å². The molecular weight excluding hydrogens is 511 g/mol. The molecule has 0 saturated heterocycles. The van der Waals surface area contributed by atoms with Crippen molar-refractivity contribution in [3.05, 3.63) is 45.8 Å². The van der Waals surface area contributed by atoms with E-state index in [1.165, 1.54) is 37.8 Å². The van der Waals surface area contributed by atoms with Crippen LogP contribution in [0.25, 0.3) is 0 Å². The first kappa shape index (κ1) is 25.3. The number of halogens is 2. The average Bonchev–Trinajstić information content (AvgIpc) is 3.14. The fourth-order valence-electron chi connectivity index (χ4n) is 6.18. The molecule has 2 aliphatic heterocycles. The summed E-state index contributed by atoms with van der Waals surface area (Å²) < 4.78 is 1.91. The molecule has 28 heavy (non-hydrogen) atoms. The van der Waals surface area contributed by atoms with Gasteiger partial charge in [-0.1, -0.05) is 0 Å². The molecule has 0 saturated carbocycles. The van der Waals surface area contributed by atoms with E-state index in [1.54, 1.807) is 0 Å². The quantitative estimate of drug-likeness (QED) is 0.458. The van der Waals surface area contributed by atoms with Crippen LogP contribution in [0.2, 0.25) is 58.6 Å². The van der Waals surface area contributed by atoms with Gasteiger partial charge in [-0.2, -0.15) is 0 Å². The molecule has 0 N–H and O–H groups in total. The first-order valence-corrected chi connectivity index (χ1v) is 26.2. The van der Waals surface area contributed by atoms with Crippen molar-refractivity contribution in [1.82, 2.24) is 0 Å². The summed E-state index contributed by atoms with van der Waals surface area (Å²) in [4.78, 5) is 0. The van der Waals surface area contributed by atoms with Gasteiger partial charge in [0, 0.05) is 0 Å². The van der Waals surface area contributed by atoms with Crippen molar-refractivity contribution in [2.24, 2.45) is 0 Å². The molecule has 0 fully saturated rings. The van der Waals surface area contributed by atoms with E-state index in [2.05, 4.69) is 63.6 Å². The summed E-state index contributed by atoms with van der Waals surface area (Å²) >= 11 is -1.58. The van der Waals surface area contributed by atoms with E-state index >= 15 is 0 Å². The second kappa shape index (κ2) is 9.29. The minimum atomic E-state index is -1.58. The minimum Gasteiger partial charge on any atom is -1.00 e. The van der Waals surface area contributed by atoms with Gasteiger partial charge >= 0.3 is 172 Å². The van der Waals surface area contributed by atoms with Crippen LogP contribution in [0, 0.1) is 0 Å². The summed E-state index contributed by atoms with van der Waals surface area (Å²) in [5.74, 6) is 0. The van der Waals surface area contributed by atoms with Crippen LogP contribution in [-0.4, -0.2) is 21.6 Å². The molecule has 2 aliphatic carbocycles. The third kappa shape index (κ3) is 4.35. The van der Waals surface area contributed by atoms with Crippen molar-refractivity contribution < 1.29 is 45.2 Å². The molecule has 4 aliphatic rings. The molecule has 6 heteroatoms. The van der Waals surface area contributed by atoms with Crippen LogP contribution in [0.15, 0.2) is 45.8 Å². The van der Waals surface area contributed by atoms with E-state index in [1.807, 2.05) is 21.5 Å². The van der Waals surface area contributed by atoms with Gasteiger partial charge in [0.1, 0.15) is 0 Å². The van der Waals surface area contributed by atoms with Gasteiger partial charge in [0.25, 0.3) is 0 Å². The van der Waals surface area contributed by atoms with Crippen LogP contribution in [0.4, 0.5) is 0 Å². The molecule has 4 rings (SSSR count). The topological polar surface area (TPSA) is 0 Å². The van der Waals surface area contributed by atoms with E-state index < -0.39 is 36.5 Å². The van der Waals surface area contributed by atoms with E-state index in [0.717, 1.165) is 7.25 Å². The molecule has 2 atom stereocenters. The van der Waals surface area contributed by atoms with E-state index in [0.29, 0.717) is 0 Å². The third-order valence-corrected chi connectivity index (χ3v) is 34.0. The Morgan fingerprint density at radius 2 is 1.18 bits per heavy atom. The first-order chi connectivity index (χ1) is 12.2. The Morgan fingerprint density at radius 3 is 1.54 bits per heavy atom. The number of hydrogen-bond donors (Lipinski definition) is 0. The summed E-state index contributed by atoms with van der Waals surface area (Å²) in [7, 11) is -2.26. The van der Waals surface area contributed by atoms with Crippen LogP contribution in [0.1, 0.15) is 25.7 Å². The predicted octanol–water partition coefficient (Wildman–Crippen LogP) is 1.26. The number of hydrogen-bond acceptors (Lipinski definition) is 0. The predicted molar refractivity (Wildman–Crippen MR) is 120 cm³/mol. The molecular formula is C22H36Cl2Si3Zr. The zero-order valence-corrected chi connectivity index (χ0v) is 25.4. The maximum absolute atomic E-state index is 2.75. The van der Waals surface area contributed by atoms with Gasteiger partial charge < -0.3 is 24.8 Å². The molecule has 0 nitrogen and oxygen atoms in total. The van der Waals surface area contributed by atoms with Gasteiger partial charge in [0.15, 0.2) is 0 Å². The molecule has 0 bridgehead atoms.